The van der Waals surface area contributed by atoms with Crippen LogP contribution in [0.5, 0.6) is 0 Å². The number of rotatable bonds is 29. The first-order chi connectivity index (χ1) is 32.8. The molecule has 2 aliphatic heterocycles. The summed E-state index contributed by atoms with van der Waals surface area (Å²) >= 11 is 1.40. The number of carboxylic acids is 1. The minimum atomic E-state index is -1.54. The number of amides is 10. The molecule has 25 heteroatoms. The number of hydrogen-bond donors (Lipinski definition) is 11. The Kier molecular flexibility index (Phi) is 25.6. The van der Waals surface area contributed by atoms with E-state index in [1.54, 1.807) is 34.0 Å². The number of hydrogen-bond acceptors (Lipinski definition) is 14. The Bertz CT molecular complexity index is 1870. The monoisotopic (exact) mass is 1010 g/mol. The van der Waals surface area contributed by atoms with Crippen molar-refractivity contribution < 1.29 is 63.0 Å². The summed E-state index contributed by atoms with van der Waals surface area (Å²) in [4.78, 5) is 147. The highest BCUT2D eigenvalue weighted by Gasteiger charge is 2.43. The van der Waals surface area contributed by atoms with Crippen LogP contribution in [0.4, 0.5) is 0 Å². The van der Waals surface area contributed by atoms with Crippen molar-refractivity contribution in [1.82, 2.24) is 47.0 Å². The Hall–Kier alpha value is -5.56. The molecule has 2 aliphatic rings. The third-order valence-corrected chi connectivity index (χ3v) is 12.5. The lowest BCUT2D eigenvalue weighted by Gasteiger charge is -2.32. The second-order valence-electron chi connectivity index (χ2n) is 19.0. The summed E-state index contributed by atoms with van der Waals surface area (Å²) in [7, 11) is 0. The summed E-state index contributed by atoms with van der Waals surface area (Å²) in [5.74, 6) is -8.49. The standard InChI is InChI=1S/C45H77N11O13S/c1-23(2)19-29(41(64)53-31(22-57)42(65)54-36(25(5)6)45(68)69)51-37(60)26(7)49-39(62)28(15-18-70-8)50-40(63)30(20-24(3)4)52-43(66)32-11-9-17-56(32)44(67)33-12-10-16-55(33)35(59)21-48-38(61)27(46)13-14-34(47)58/h23-33,36,57H,9-22,46H2,1-8H3,(H2,47,58)(H,48,61)(H,49,62)(H,50,63)(H,51,60)(H,52,66)(H,53,64)(H,54,65)(H,68,69)/t26-,27-,28-,29-,30-,31-,32-,33-,36-/m0/s1. The zero-order valence-corrected chi connectivity index (χ0v) is 42.5. The molecule has 24 nitrogen and oxygen atoms in total. The van der Waals surface area contributed by atoms with E-state index in [4.69, 9.17) is 11.5 Å². The zero-order valence-electron chi connectivity index (χ0n) is 41.7. The van der Waals surface area contributed by atoms with E-state index in [9.17, 15) is 63.0 Å². The minimum Gasteiger partial charge on any atom is -0.480 e. The quantitative estimate of drug-likeness (QED) is 0.0360. The lowest BCUT2D eigenvalue weighted by molar-refractivity contribution is -0.147. The van der Waals surface area contributed by atoms with Crippen molar-refractivity contribution in [3.63, 3.8) is 0 Å². The van der Waals surface area contributed by atoms with E-state index in [1.165, 1.54) is 28.5 Å². The van der Waals surface area contributed by atoms with E-state index in [2.05, 4.69) is 37.2 Å². The molecule has 0 aromatic heterocycles. The topological polar surface area (TPSA) is 371 Å². The van der Waals surface area contributed by atoms with Crippen molar-refractivity contribution in [3.05, 3.63) is 0 Å². The largest absolute Gasteiger partial charge is 0.480 e. The molecule has 0 bridgehead atoms. The molecule has 2 fully saturated rings. The molecule has 2 rings (SSSR count). The smallest absolute Gasteiger partial charge is 0.326 e. The second kappa shape index (κ2) is 29.6. The number of primary amides is 1. The maximum Gasteiger partial charge on any atom is 0.326 e. The number of carbonyl (C=O) groups is 11. The first-order valence-electron chi connectivity index (χ1n) is 23.9. The number of nitrogens with one attached hydrogen (secondary N) is 7. The predicted octanol–water partition coefficient (Wildman–Crippen LogP) is -2.82. The first kappa shape index (κ1) is 60.6. The number of nitrogens with two attached hydrogens (primary N) is 2. The highest BCUT2D eigenvalue weighted by molar-refractivity contribution is 7.98. The minimum absolute atomic E-state index is 0.00354. The van der Waals surface area contributed by atoms with E-state index < -0.39 is 138 Å². The molecule has 10 amide bonds. The third kappa shape index (κ3) is 19.3. The molecule has 70 heavy (non-hydrogen) atoms. The van der Waals surface area contributed by atoms with Crippen molar-refractivity contribution in [2.24, 2.45) is 29.2 Å². The molecule has 0 aromatic rings. The summed E-state index contributed by atoms with van der Waals surface area (Å²) in [6.07, 6.45) is 3.66. The van der Waals surface area contributed by atoms with Gasteiger partial charge in [-0.25, -0.2) is 4.79 Å². The van der Waals surface area contributed by atoms with Crippen molar-refractivity contribution in [2.45, 2.75) is 161 Å². The molecule has 0 radical (unpaired) electrons. The van der Waals surface area contributed by atoms with Gasteiger partial charge in [0.05, 0.1) is 19.2 Å². The van der Waals surface area contributed by atoms with Crippen LogP contribution in [-0.2, 0) is 52.7 Å². The Balaban J connectivity index is 2.16. The van der Waals surface area contributed by atoms with Crippen LogP contribution in [0.25, 0.3) is 0 Å². The molecule has 0 spiro atoms. The number of aliphatic hydroxyl groups excluding tert-OH is 1. The van der Waals surface area contributed by atoms with Gasteiger partial charge in [0, 0.05) is 19.5 Å². The fourth-order valence-corrected chi connectivity index (χ4v) is 8.47. The van der Waals surface area contributed by atoms with Gasteiger partial charge >= 0.3 is 5.97 Å². The van der Waals surface area contributed by atoms with E-state index in [1.807, 2.05) is 13.8 Å². The van der Waals surface area contributed by atoms with Crippen LogP contribution < -0.4 is 48.7 Å². The average Bonchev–Trinajstić information content (AvgIpc) is 3.99. The van der Waals surface area contributed by atoms with Gasteiger partial charge < -0.3 is 68.7 Å². The van der Waals surface area contributed by atoms with Crippen LogP contribution in [0, 0.1) is 17.8 Å². The summed E-state index contributed by atoms with van der Waals surface area (Å²) in [5.41, 5.74) is 10.9. The molecule has 0 aliphatic carbocycles. The third-order valence-electron chi connectivity index (χ3n) is 11.9. The van der Waals surface area contributed by atoms with Crippen LogP contribution in [0.1, 0.15) is 106 Å². The first-order valence-corrected chi connectivity index (χ1v) is 25.3. The number of aliphatic carboxylic acids is 1. The molecule has 0 unspecified atom stereocenters. The normalized spacial score (nSPS) is 18.7. The van der Waals surface area contributed by atoms with Gasteiger partial charge in [-0.1, -0.05) is 41.5 Å². The van der Waals surface area contributed by atoms with Gasteiger partial charge in [0.15, 0.2) is 0 Å². The molecule has 0 saturated carbocycles. The highest BCUT2D eigenvalue weighted by Crippen LogP contribution is 2.25. The molecule has 396 valence electrons. The van der Waals surface area contributed by atoms with Gasteiger partial charge in [-0.2, -0.15) is 11.8 Å². The fourth-order valence-electron chi connectivity index (χ4n) is 8.00. The summed E-state index contributed by atoms with van der Waals surface area (Å²) in [5, 5.41) is 37.2. The van der Waals surface area contributed by atoms with Crippen LogP contribution in [0.2, 0.25) is 0 Å². The Morgan fingerprint density at radius 2 is 1.16 bits per heavy atom. The number of aliphatic hydroxyl groups is 1. The number of likely N-dealkylation sites (tertiary alicyclic amines) is 2. The number of carbonyl (C=O) groups excluding carboxylic acids is 10. The summed E-state index contributed by atoms with van der Waals surface area (Å²) < 4.78 is 0. The van der Waals surface area contributed by atoms with Crippen LogP contribution in [0.15, 0.2) is 0 Å². The van der Waals surface area contributed by atoms with E-state index in [-0.39, 0.29) is 63.5 Å². The summed E-state index contributed by atoms with van der Waals surface area (Å²) in [6, 6.07) is -10.6. The Morgan fingerprint density at radius 1 is 0.643 bits per heavy atom. The van der Waals surface area contributed by atoms with E-state index >= 15 is 0 Å². The molecule has 13 N–H and O–H groups in total. The van der Waals surface area contributed by atoms with Crippen LogP contribution in [-0.4, -0.2) is 178 Å². The maximum absolute atomic E-state index is 14.0. The molecule has 2 saturated heterocycles. The van der Waals surface area contributed by atoms with Crippen LogP contribution in [0.3, 0.4) is 0 Å². The Morgan fingerprint density at radius 3 is 1.69 bits per heavy atom. The zero-order chi connectivity index (χ0) is 53.0. The molecule has 2 heterocycles. The summed E-state index contributed by atoms with van der Waals surface area (Å²) in [6.45, 7) is 10.9. The SMILES string of the molecule is CSCC[C@H](NC(=O)[C@H](CC(C)C)NC(=O)[C@@H]1CCCN1C(=O)[C@@H]1CCCN1C(=O)CNC(=O)[C@@H](N)CCC(N)=O)C(=O)N[C@@H](C)C(=O)N[C@@H](CC(C)C)C(=O)N[C@@H](CO)C(=O)N[C@H](C(=O)O)C(C)C. The second-order valence-corrected chi connectivity index (χ2v) is 20.0. The molecule has 0 aromatic carbocycles. The van der Waals surface area contributed by atoms with Crippen molar-refractivity contribution >= 4 is 76.8 Å². The lowest BCUT2D eigenvalue weighted by Crippen LogP contribution is -2.60. The number of thioether (sulfide) groups is 1. The van der Waals surface area contributed by atoms with E-state index in [0.29, 0.717) is 25.0 Å². The predicted molar refractivity (Wildman–Crippen MR) is 258 cm³/mol. The average molecular weight is 1010 g/mol. The fraction of sp³-hybridized carbons (Fsp3) is 0.756. The van der Waals surface area contributed by atoms with Gasteiger partial charge in [-0.05, 0) is 88.1 Å². The Labute approximate surface area is 413 Å². The van der Waals surface area contributed by atoms with E-state index in [0.717, 1.165) is 0 Å². The van der Waals surface area contributed by atoms with Crippen molar-refractivity contribution in [3.8, 4) is 0 Å². The molecular formula is C45H77N11O13S. The maximum atomic E-state index is 14.0. The van der Waals surface area contributed by atoms with Crippen LogP contribution >= 0.6 is 11.8 Å². The van der Waals surface area contributed by atoms with Crippen molar-refractivity contribution in [1.29, 1.82) is 0 Å². The van der Waals surface area contributed by atoms with Gasteiger partial charge in [-0.3, -0.25) is 47.9 Å². The highest BCUT2D eigenvalue weighted by atomic mass is 32.2. The molecule has 9 atom stereocenters. The van der Waals surface area contributed by atoms with Gasteiger partial charge in [0.1, 0.15) is 48.3 Å². The van der Waals surface area contributed by atoms with Gasteiger partial charge in [-0.15, -0.1) is 0 Å². The lowest BCUT2D eigenvalue weighted by atomic mass is 10.0. The molecular weight excluding hydrogens is 935 g/mol. The van der Waals surface area contributed by atoms with Gasteiger partial charge in [0.2, 0.25) is 59.1 Å². The number of nitrogens with zero attached hydrogens (tertiary/aromatic N) is 2. The van der Waals surface area contributed by atoms with Gasteiger partial charge in [0.25, 0.3) is 0 Å². The number of carboxylic acid groups (broad SMARTS) is 1. The van der Waals surface area contributed by atoms with Crippen molar-refractivity contribution in [2.75, 3.05) is 38.2 Å².